The first kappa shape index (κ1) is 5.64. The zero-order valence-corrected chi connectivity index (χ0v) is 4.55. The molecule has 0 aromatic heterocycles. The molecule has 0 amide bonds. The van der Waals surface area contributed by atoms with Crippen LogP contribution in [0.5, 0.6) is 0 Å². The second-order valence-electron chi connectivity index (χ2n) is 0.799. The van der Waals surface area contributed by atoms with Crippen molar-refractivity contribution in [2.45, 2.75) is 11.2 Å². The predicted molar refractivity (Wildman–Crippen MR) is 28.8 cm³/mol. The van der Waals surface area contributed by atoms with Gasteiger partial charge in [-0.3, -0.25) is 0 Å². The standard InChI is InChI=1S/C2H5BCl2/c3-1-2(4)5/h2H,1,3H2. The van der Waals surface area contributed by atoms with Crippen LogP contribution in [0.1, 0.15) is 0 Å². The van der Waals surface area contributed by atoms with Gasteiger partial charge in [0.15, 0.2) is 0 Å². The van der Waals surface area contributed by atoms with Gasteiger partial charge in [0.1, 0.15) is 12.7 Å². The molecule has 3 heteroatoms. The molecule has 30 valence electrons. The molecule has 0 nitrogen and oxygen atoms in total. The number of hydrogen-bond donors (Lipinski definition) is 0. The Morgan fingerprint density at radius 2 is 1.80 bits per heavy atom. The smallest absolute Gasteiger partial charge is 0.104 e. The van der Waals surface area contributed by atoms with E-state index in [1.807, 2.05) is 7.85 Å². The van der Waals surface area contributed by atoms with Crippen LogP contribution in [0.25, 0.3) is 0 Å². The number of alkyl halides is 2. The van der Waals surface area contributed by atoms with Crippen LogP contribution in [0.4, 0.5) is 0 Å². The van der Waals surface area contributed by atoms with Crippen molar-refractivity contribution in [2.75, 3.05) is 0 Å². The van der Waals surface area contributed by atoms with Gasteiger partial charge in [-0.1, -0.05) is 6.32 Å². The van der Waals surface area contributed by atoms with Crippen molar-refractivity contribution in [1.82, 2.24) is 0 Å². The summed E-state index contributed by atoms with van der Waals surface area (Å²) < 4.78 is 0. The Kier molecular flexibility index (Phi) is 3.23. The van der Waals surface area contributed by atoms with Gasteiger partial charge in [-0.15, -0.1) is 23.2 Å². The molecule has 0 aromatic carbocycles. The van der Waals surface area contributed by atoms with Crippen molar-refractivity contribution in [3.8, 4) is 0 Å². The molecule has 0 aliphatic rings. The fraction of sp³-hybridized carbons (Fsp3) is 1.00. The third kappa shape index (κ3) is 4.64. The van der Waals surface area contributed by atoms with Gasteiger partial charge in [-0.2, -0.15) is 0 Å². The molecule has 0 N–H and O–H groups in total. The lowest BCUT2D eigenvalue weighted by Crippen LogP contribution is -1.79. The van der Waals surface area contributed by atoms with Crippen LogP contribution >= 0.6 is 23.2 Å². The highest BCUT2D eigenvalue weighted by Gasteiger charge is 1.86. The van der Waals surface area contributed by atoms with E-state index in [1.165, 1.54) is 0 Å². The van der Waals surface area contributed by atoms with Crippen LogP contribution in [-0.4, -0.2) is 12.7 Å². The molecule has 0 saturated carbocycles. The maximum atomic E-state index is 5.23. The van der Waals surface area contributed by atoms with E-state index in [1.54, 1.807) is 0 Å². The monoisotopic (exact) mass is 110 g/mol. The van der Waals surface area contributed by atoms with Gasteiger partial charge in [0.2, 0.25) is 0 Å². The molecule has 0 fully saturated rings. The molecule has 0 atom stereocenters. The first-order chi connectivity index (χ1) is 2.27. The highest BCUT2D eigenvalue weighted by Crippen LogP contribution is 2.02. The van der Waals surface area contributed by atoms with E-state index >= 15 is 0 Å². The van der Waals surface area contributed by atoms with Gasteiger partial charge in [0.25, 0.3) is 0 Å². The molecule has 0 aromatic rings. The average Bonchev–Trinajstić information content (AvgIpc) is 1.38. The van der Waals surface area contributed by atoms with Gasteiger partial charge >= 0.3 is 0 Å². The molecule has 0 heterocycles. The fourth-order valence-electron chi connectivity index (χ4n) is 0. The SMILES string of the molecule is BCC(Cl)Cl. The summed E-state index contributed by atoms with van der Waals surface area (Å²) in [6.45, 7) is 0. The van der Waals surface area contributed by atoms with Crippen molar-refractivity contribution in [2.24, 2.45) is 0 Å². The third-order valence-electron chi connectivity index (χ3n) is 0.309. The molecule has 0 unspecified atom stereocenters. The van der Waals surface area contributed by atoms with E-state index in [0.717, 1.165) is 6.32 Å². The molecule has 0 rings (SSSR count). The van der Waals surface area contributed by atoms with Crippen molar-refractivity contribution < 1.29 is 0 Å². The van der Waals surface area contributed by atoms with E-state index in [0.29, 0.717) is 0 Å². The summed E-state index contributed by atoms with van der Waals surface area (Å²) in [6.07, 6.45) is 0.836. The topological polar surface area (TPSA) is 0 Å². The minimum Gasteiger partial charge on any atom is -0.106 e. The Morgan fingerprint density at radius 3 is 1.80 bits per heavy atom. The molecule has 0 aliphatic heterocycles. The summed E-state index contributed by atoms with van der Waals surface area (Å²) in [4.78, 5) is -0.171. The maximum Gasteiger partial charge on any atom is 0.104 e. The highest BCUT2D eigenvalue weighted by molar-refractivity contribution is 6.46. The van der Waals surface area contributed by atoms with Crippen molar-refractivity contribution in [3.05, 3.63) is 0 Å². The summed E-state index contributed by atoms with van der Waals surface area (Å²) in [5.41, 5.74) is 0. The second kappa shape index (κ2) is 2.86. The predicted octanol–water partition coefficient (Wildman–Crippen LogP) is 0.841. The summed E-state index contributed by atoms with van der Waals surface area (Å²) in [5, 5.41) is 0. The summed E-state index contributed by atoms with van der Waals surface area (Å²) in [6, 6.07) is 0. The lowest BCUT2D eigenvalue weighted by Gasteiger charge is -1.84. The van der Waals surface area contributed by atoms with Gasteiger partial charge in [-0.05, 0) is 0 Å². The van der Waals surface area contributed by atoms with Crippen LogP contribution in [0.2, 0.25) is 6.32 Å². The molecule has 0 spiro atoms. The zero-order valence-electron chi connectivity index (χ0n) is 3.04. The van der Waals surface area contributed by atoms with Crippen LogP contribution in [0.15, 0.2) is 0 Å². The van der Waals surface area contributed by atoms with E-state index in [9.17, 15) is 0 Å². The Bertz CT molecular complexity index is 21.6. The van der Waals surface area contributed by atoms with E-state index in [2.05, 4.69) is 0 Å². The number of rotatable bonds is 1. The first-order valence-corrected chi connectivity index (χ1v) is 2.42. The average molecular weight is 111 g/mol. The van der Waals surface area contributed by atoms with Crippen LogP contribution in [0.3, 0.4) is 0 Å². The fourth-order valence-corrected chi connectivity index (χ4v) is 0. The van der Waals surface area contributed by atoms with E-state index in [-0.39, 0.29) is 4.84 Å². The minimum absolute atomic E-state index is 0.171. The van der Waals surface area contributed by atoms with Crippen LogP contribution in [0, 0.1) is 0 Å². The van der Waals surface area contributed by atoms with Crippen molar-refractivity contribution in [1.29, 1.82) is 0 Å². The van der Waals surface area contributed by atoms with Gasteiger partial charge in [0.05, 0.1) is 0 Å². The third-order valence-corrected chi connectivity index (χ3v) is 0.926. The lowest BCUT2D eigenvalue weighted by atomic mass is 10.1. The maximum absolute atomic E-state index is 5.23. The molecule has 0 bridgehead atoms. The summed E-state index contributed by atoms with van der Waals surface area (Å²) in [7, 11) is 1.94. The summed E-state index contributed by atoms with van der Waals surface area (Å²) >= 11 is 10.5. The Labute approximate surface area is 42.9 Å². The van der Waals surface area contributed by atoms with E-state index < -0.39 is 0 Å². The number of hydrogen-bond acceptors (Lipinski definition) is 0. The summed E-state index contributed by atoms with van der Waals surface area (Å²) in [5.74, 6) is 0. The number of halogens is 2. The lowest BCUT2D eigenvalue weighted by molar-refractivity contribution is 1.37. The molecule has 0 saturated heterocycles. The Balaban J connectivity index is 2.54. The van der Waals surface area contributed by atoms with E-state index in [4.69, 9.17) is 23.2 Å². The molecule has 0 radical (unpaired) electrons. The Morgan fingerprint density at radius 1 is 1.60 bits per heavy atom. The first-order valence-electron chi connectivity index (χ1n) is 1.55. The van der Waals surface area contributed by atoms with Gasteiger partial charge in [0, 0.05) is 0 Å². The molecular weight excluding hydrogens is 106 g/mol. The van der Waals surface area contributed by atoms with Crippen LogP contribution < -0.4 is 0 Å². The quantitative estimate of drug-likeness (QED) is 0.347. The van der Waals surface area contributed by atoms with Crippen molar-refractivity contribution >= 4 is 31.0 Å². The molecule has 5 heavy (non-hydrogen) atoms. The minimum atomic E-state index is -0.171. The van der Waals surface area contributed by atoms with Crippen molar-refractivity contribution in [3.63, 3.8) is 0 Å². The van der Waals surface area contributed by atoms with Gasteiger partial charge < -0.3 is 0 Å². The Hall–Kier alpha value is 0.645. The largest absolute Gasteiger partial charge is 0.106 e. The van der Waals surface area contributed by atoms with Gasteiger partial charge in [-0.25, -0.2) is 0 Å². The molecular formula is C2H5BCl2. The highest BCUT2D eigenvalue weighted by atomic mass is 35.5. The second-order valence-corrected chi connectivity index (χ2v) is 2.08. The normalized spacial score (nSPS) is 9.40. The zero-order chi connectivity index (χ0) is 4.28. The molecule has 0 aliphatic carbocycles. The van der Waals surface area contributed by atoms with Crippen LogP contribution in [-0.2, 0) is 0 Å².